The van der Waals surface area contributed by atoms with Crippen LogP contribution in [0.2, 0.25) is 0 Å². The molecule has 0 aromatic carbocycles. The number of nitrogens with zero attached hydrogens (tertiary/aromatic N) is 6. The number of H-pyrrole nitrogens is 2. The molecule has 0 atom stereocenters. The molecule has 1 aliphatic rings. The van der Waals surface area contributed by atoms with Gasteiger partial charge in [-0.05, 0) is 61.2 Å². The smallest absolute Gasteiger partial charge is 0.159 e. The van der Waals surface area contributed by atoms with Crippen molar-refractivity contribution in [2.75, 3.05) is 6.54 Å². The summed E-state index contributed by atoms with van der Waals surface area (Å²) >= 11 is 0. The molecule has 1 aliphatic carbocycles. The third kappa shape index (κ3) is 4.31. The molecule has 6 heterocycles. The zero-order valence-corrected chi connectivity index (χ0v) is 20.9. The van der Waals surface area contributed by atoms with Gasteiger partial charge in [0.1, 0.15) is 11.2 Å². The van der Waals surface area contributed by atoms with Crippen LogP contribution < -0.4 is 5.32 Å². The molecule has 3 N–H and O–H groups in total. The summed E-state index contributed by atoms with van der Waals surface area (Å²) < 4.78 is 0. The monoisotopic (exact) mass is 501 g/mol. The molecule has 1 fully saturated rings. The number of aromatic nitrogens is 8. The number of hydrogen-bond donors (Lipinski definition) is 3. The van der Waals surface area contributed by atoms with Gasteiger partial charge in [-0.15, -0.1) is 0 Å². The lowest BCUT2D eigenvalue weighted by Crippen LogP contribution is -2.20. The zero-order chi connectivity index (χ0) is 25.3. The van der Waals surface area contributed by atoms with Crippen LogP contribution in [-0.4, -0.2) is 46.6 Å². The van der Waals surface area contributed by atoms with Crippen LogP contribution in [0.5, 0.6) is 0 Å². The Balaban J connectivity index is 1.20. The largest absolute Gasteiger partial charge is 0.336 e. The van der Waals surface area contributed by atoms with Crippen molar-refractivity contribution in [3.8, 4) is 33.9 Å². The fraction of sp³-hybridized carbons (Fsp3) is 0.241. The minimum absolute atomic E-state index is 0.659. The molecule has 1 saturated carbocycles. The van der Waals surface area contributed by atoms with Gasteiger partial charge in [0, 0.05) is 60.4 Å². The Morgan fingerprint density at radius 2 is 1.76 bits per heavy atom. The molecule has 0 aliphatic heterocycles. The number of fused-ring (bicyclic) bond motifs is 2. The van der Waals surface area contributed by atoms with E-state index in [-0.39, 0.29) is 0 Å². The van der Waals surface area contributed by atoms with Gasteiger partial charge < -0.3 is 10.3 Å². The lowest BCUT2D eigenvalue weighted by Gasteiger charge is -2.11. The van der Waals surface area contributed by atoms with Gasteiger partial charge in [-0.1, -0.05) is 12.8 Å². The summed E-state index contributed by atoms with van der Waals surface area (Å²) in [5.41, 5.74) is 7.95. The molecule has 0 bridgehead atoms. The SMILES string of the molecule is c1cncc(-c2nccc3[nH]c(-c4n[nH]c5ncc(-c6cncc(CNCC7CCCC7)c6)cc45)nc23)c1. The van der Waals surface area contributed by atoms with Crippen LogP contribution in [0.1, 0.15) is 31.2 Å². The number of imidazole rings is 1. The third-order valence-corrected chi connectivity index (χ3v) is 7.34. The lowest BCUT2D eigenvalue weighted by atomic mass is 10.1. The van der Waals surface area contributed by atoms with Gasteiger partial charge in [0.15, 0.2) is 11.5 Å². The van der Waals surface area contributed by atoms with Gasteiger partial charge in [0.25, 0.3) is 0 Å². The normalized spacial score (nSPS) is 14.1. The molecule has 9 nitrogen and oxygen atoms in total. The molecule has 0 saturated heterocycles. The molecule has 188 valence electrons. The minimum atomic E-state index is 0.659. The number of rotatable bonds is 7. The quantitative estimate of drug-likeness (QED) is 0.271. The van der Waals surface area contributed by atoms with Gasteiger partial charge >= 0.3 is 0 Å². The second-order valence-corrected chi connectivity index (χ2v) is 9.94. The van der Waals surface area contributed by atoms with Crippen LogP contribution >= 0.6 is 0 Å². The standard InChI is InChI=1S/C29H27N9/c1-2-5-18(4-1)12-31-13-19-10-21(16-32-14-19)22-11-23-26(37-38-28(23)34-17-22)29-35-24-7-9-33-25(27(24)36-29)20-6-3-8-30-15-20/h3,6-11,14-18,31H,1-2,4-5,12-13H2,(H,35,36)(H,34,37,38). The molecule has 0 radical (unpaired) electrons. The molecule has 38 heavy (non-hydrogen) atoms. The van der Waals surface area contributed by atoms with Gasteiger partial charge in [0.2, 0.25) is 0 Å². The van der Waals surface area contributed by atoms with Gasteiger partial charge in [-0.25, -0.2) is 9.97 Å². The first kappa shape index (κ1) is 22.7. The van der Waals surface area contributed by atoms with Crippen molar-refractivity contribution < 1.29 is 0 Å². The molecule has 6 aromatic rings. The molecule has 7 rings (SSSR count). The van der Waals surface area contributed by atoms with Crippen LogP contribution in [0.25, 0.3) is 56.0 Å². The van der Waals surface area contributed by atoms with Crippen molar-refractivity contribution in [2.45, 2.75) is 32.2 Å². The van der Waals surface area contributed by atoms with E-state index in [9.17, 15) is 0 Å². The van der Waals surface area contributed by atoms with Crippen LogP contribution in [0.4, 0.5) is 0 Å². The zero-order valence-electron chi connectivity index (χ0n) is 20.9. The number of hydrogen-bond acceptors (Lipinski definition) is 7. The van der Waals surface area contributed by atoms with Crippen molar-refractivity contribution in [3.63, 3.8) is 0 Å². The van der Waals surface area contributed by atoms with E-state index >= 15 is 0 Å². The van der Waals surface area contributed by atoms with Crippen molar-refractivity contribution in [1.29, 1.82) is 0 Å². The Kier molecular flexibility index (Phi) is 5.82. The predicted molar refractivity (Wildman–Crippen MR) is 147 cm³/mol. The molecular weight excluding hydrogens is 474 g/mol. The number of pyridine rings is 4. The average Bonchev–Trinajstić information content (AvgIpc) is 3.73. The van der Waals surface area contributed by atoms with Gasteiger partial charge in [0.05, 0.1) is 16.6 Å². The first-order valence-corrected chi connectivity index (χ1v) is 13.1. The number of aromatic amines is 2. The maximum absolute atomic E-state index is 4.89. The maximum atomic E-state index is 4.89. The van der Waals surface area contributed by atoms with E-state index in [1.807, 2.05) is 36.8 Å². The molecular formula is C29H27N9. The van der Waals surface area contributed by atoms with Crippen molar-refractivity contribution in [3.05, 3.63) is 73.1 Å². The summed E-state index contributed by atoms with van der Waals surface area (Å²) in [7, 11) is 0. The minimum Gasteiger partial charge on any atom is -0.336 e. The van der Waals surface area contributed by atoms with E-state index in [0.29, 0.717) is 17.2 Å². The fourth-order valence-corrected chi connectivity index (χ4v) is 5.38. The van der Waals surface area contributed by atoms with E-state index in [4.69, 9.17) is 4.98 Å². The summed E-state index contributed by atoms with van der Waals surface area (Å²) in [6, 6.07) is 10.1. The van der Waals surface area contributed by atoms with Crippen LogP contribution in [0, 0.1) is 5.92 Å². The predicted octanol–water partition coefficient (Wildman–Crippen LogP) is 5.30. The van der Waals surface area contributed by atoms with Crippen LogP contribution in [-0.2, 0) is 6.54 Å². The highest BCUT2D eigenvalue weighted by atomic mass is 15.2. The Morgan fingerprint density at radius 3 is 2.66 bits per heavy atom. The summed E-state index contributed by atoms with van der Waals surface area (Å²) in [6.07, 6.45) is 16.4. The summed E-state index contributed by atoms with van der Waals surface area (Å²) in [5, 5.41) is 12.1. The van der Waals surface area contributed by atoms with E-state index in [1.165, 1.54) is 31.2 Å². The van der Waals surface area contributed by atoms with E-state index in [1.54, 1.807) is 18.6 Å². The summed E-state index contributed by atoms with van der Waals surface area (Å²) in [6.45, 7) is 1.89. The molecule has 0 unspecified atom stereocenters. The molecule has 0 spiro atoms. The summed E-state index contributed by atoms with van der Waals surface area (Å²) in [4.78, 5) is 26.2. The van der Waals surface area contributed by atoms with Gasteiger partial charge in [-0.2, -0.15) is 5.10 Å². The van der Waals surface area contributed by atoms with Gasteiger partial charge in [-0.3, -0.25) is 20.1 Å². The summed E-state index contributed by atoms with van der Waals surface area (Å²) in [5.74, 6) is 1.47. The highest BCUT2D eigenvalue weighted by Gasteiger charge is 2.17. The highest BCUT2D eigenvalue weighted by Crippen LogP contribution is 2.31. The topological polar surface area (TPSA) is 121 Å². The Hall–Kier alpha value is -4.50. The Bertz CT molecular complexity index is 1710. The average molecular weight is 502 g/mol. The molecule has 6 aromatic heterocycles. The van der Waals surface area contributed by atoms with Crippen LogP contribution in [0.3, 0.4) is 0 Å². The first-order chi connectivity index (χ1) is 18.8. The van der Waals surface area contributed by atoms with Crippen LogP contribution in [0.15, 0.2) is 67.5 Å². The molecule has 9 heteroatoms. The highest BCUT2D eigenvalue weighted by molar-refractivity contribution is 5.96. The fourth-order valence-electron chi connectivity index (χ4n) is 5.38. The lowest BCUT2D eigenvalue weighted by molar-refractivity contribution is 0.489. The van der Waals surface area contributed by atoms with E-state index < -0.39 is 0 Å². The first-order valence-electron chi connectivity index (χ1n) is 13.1. The second-order valence-electron chi connectivity index (χ2n) is 9.94. The van der Waals surface area contributed by atoms with Crippen molar-refractivity contribution in [1.82, 2.24) is 45.4 Å². The molecule has 0 amide bonds. The number of nitrogens with one attached hydrogen (secondary N) is 3. The second kappa shape index (κ2) is 9.75. The Morgan fingerprint density at radius 1 is 0.868 bits per heavy atom. The van der Waals surface area contributed by atoms with E-state index in [0.717, 1.165) is 57.8 Å². The third-order valence-electron chi connectivity index (χ3n) is 7.34. The van der Waals surface area contributed by atoms with Crippen molar-refractivity contribution >= 4 is 22.1 Å². The van der Waals surface area contributed by atoms with Crippen molar-refractivity contribution in [2.24, 2.45) is 5.92 Å². The van der Waals surface area contributed by atoms with E-state index in [2.05, 4.69) is 52.6 Å². The Labute approximate surface area is 219 Å². The maximum Gasteiger partial charge on any atom is 0.159 e.